The number of nitriles is 1. The summed E-state index contributed by atoms with van der Waals surface area (Å²) in [5.74, 6) is 1.37. The third-order valence-electron chi connectivity index (χ3n) is 3.49. The molecule has 3 rings (SSSR count). The molecule has 24 heavy (non-hydrogen) atoms. The molecule has 5 heteroatoms. The Morgan fingerprint density at radius 3 is 2.88 bits per heavy atom. The van der Waals surface area contributed by atoms with E-state index in [1.54, 1.807) is 0 Å². The van der Waals surface area contributed by atoms with Crippen molar-refractivity contribution in [2.45, 2.75) is 13.3 Å². The molecule has 1 heterocycles. The highest BCUT2D eigenvalue weighted by molar-refractivity contribution is 9.10. The Hall–Kier alpha value is -2.58. The lowest BCUT2D eigenvalue weighted by molar-refractivity contribution is 0.315. The Balaban J connectivity index is 1.93. The van der Waals surface area contributed by atoms with Gasteiger partial charge in [0.2, 0.25) is 0 Å². The van der Waals surface area contributed by atoms with Crippen LogP contribution in [0.15, 0.2) is 46.9 Å². The molecule has 2 aromatic carbocycles. The Labute approximate surface area is 148 Å². The van der Waals surface area contributed by atoms with Gasteiger partial charge in [-0.25, -0.2) is 4.98 Å². The number of nitrogens with zero attached hydrogens (tertiary/aromatic N) is 2. The average Bonchev–Trinajstić information content (AvgIpc) is 3.02. The van der Waals surface area contributed by atoms with E-state index in [-0.39, 0.29) is 0 Å². The number of rotatable bonds is 5. The van der Waals surface area contributed by atoms with Gasteiger partial charge in [-0.1, -0.05) is 25.1 Å². The number of hydrogen-bond donors (Lipinski definition) is 1. The lowest BCUT2D eigenvalue weighted by Crippen LogP contribution is -1.95. The summed E-state index contributed by atoms with van der Waals surface area (Å²) in [5, 5.41) is 9.49. The van der Waals surface area contributed by atoms with Crippen LogP contribution < -0.4 is 4.74 Å². The minimum atomic E-state index is 0.486. The number of aromatic amines is 1. The van der Waals surface area contributed by atoms with Crippen LogP contribution in [0.3, 0.4) is 0 Å². The Morgan fingerprint density at radius 2 is 2.17 bits per heavy atom. The first-order valence-electron chi connectivity index (χ1n) is 7.70. The largest absolute Gasteiger partial charge is 0.492 e. The summed E-state index contributed by atoms with van der Waals surface area (Å²) in [6.07, 6.45) is 2.77. The normalized spacial score (nSPS) is 11.5. The minimum Gasteiger partial charge on any atom is -0.492 e. The lowest BCUT2D eigenvalue weighted by Gasteiger charge is -2.07. The van der Waals surface area contributed by atoms with Crippen LogP contribution in [0.5, 0.6) is 5.75 Å². The maximum absolute atomic E-state index is 9.49. The molecule has 1 aromatic heterocycles. The number of aromatic nitrogens is 2. The number of imidazole rings is 1. The number of H-pyrrole nitrogens is 1. The first-order chi connectivity index (χ1) is 11.7. The zero-order valence-electron chi connectivity index (χ0n) is 13.2. The second-order valence-corrected chi connectivity index (χ2v) is 6.17. The highest BCUT2D eigenvalue weighted by Gasteiger charge is 2.08. The number of hydrogen-bond acceptors (Lipinski definition) is 3. The van der Waals surface area contributed by atoms with Crippen LogP contribution in [-0.4, -0.2) is 16.6 Å². The molecule has 0 atom stereocenters. The van der Waals surface area contributed by atoms with Gasteiger partial charge in [0.25, 0.3) is 0 Å². The van der Waals surface area contributed by atoms with Crippen molar-refractivity contribution in [1.29, 1.82) is 5.26 Å². The average molecular weight is 382 g/mol. The zero-order valence-corrected chi connectivity index (χ0v) is 14.8. The molecule has 0 aliphatic heterocycles. The predicted octanol–water partition coefficient (Wildman–Crippen LogP) is 5.18. The van der Waals surface area contributed by atoms with Crippen LogP contribution in [0.1, 0.15) is 24.7 Å². The van der Waals surface area contributed by atoms with E-state index in [2.05, 4.69) is 38.9 Å². The van der Waals surface area contributed by atoms with Crippen molar-refractivity contribution in [3.8, 4) is 11.8 Å². The number of nitrogens with one attached hydrogen (secondary N) is 1. The Kier molecular flexibility index (Phi) is 4.97. The molecule has 0 radical (unpaired) electrons. The molecule has 0 unspecified atom stereocenters. The van der Waals surface area contributed by atoms with Crippen LogP contribution in [0.4, 0.5) is 0 Å². The number of fused-ring (bicyclic) bond motifs is 1. The molecule has 3 aromatic rings. The van der Waals surface area contributed by atoms with Gasteiger partial charge in [0.15, 0.2) is 0 Å². The van der Waals surface area contributed by atoms with Crippen LogP contribution >= 0.6 is 15.9 Å². The third-order valence-corrected chi connectivity index (χ3v) is 4.11. The Bertz CT molecular complexity index is 904. The van der Waals surface area contributed by atoms with Crippen LogP contribution in [0.2, 0.25) is 0 Å². The van der Waals surface area contributed by atoms with E-state index >= 15 is 0 Å². The molecular weight excluding hydrogens is 366 g/mol. The molecule has 0 saturated heterocycles. The molecule has 0 amide bonds. The third kappa shape index (κ3) is 3.50. The molecule has 0 spiro atoms. The van der Waals surface area contributed by atoms with Crippen LogP contribution in [-0.2, 0) is 0 Å². The van der Waals surface area contributed by atoms with Crippen molar-refractivity contribution >= 4 is 38.6 Å². The summed E-state index contributed by atoms with van der Waals surface area (Å²) in [4.78, 5) is 7.66. The van der Waals surface area contributed by atoms with Gasteiger partial charge in [0.1, 0.15) is 17.6 Å². The van der Waals surface area contributed by atoms with Gasteiger partial charge in [-0.05, 0) is 58.3 Å². The first kappa shape index (κ1) is 16.3. The fraction of sp³-hybridized carbons (Fsp3) is 0.158. The summed E-state index contributed by atoms with van der Waals surface area (Å²) in [5.41, 5.74) is 3.15. The van der Waals surface area contributed by atoms with Gasteiger partial charge in [-0.2, -0.15) is 5.26 Å². The van der Waals surface area contributed by atoms with Crippen LogP contribution in [0, 0.1) is 11.3 Å². The van der Waals surface area contributed by atoms with E-state index in [9.17, 15) is 5.26 Å². The number of para-hydroxylation sites is 2. The molecule has 0 fully saturated rings. The molecule has 4 nitrogen and oxygen atoms in total. The molecule has 0 bridgehead atoms. The Morgan fingerprint density at radius 1 is 1.33 bits per heavy atom. The van der Waals surface area contributed by atoms with Crippen molar-refractivity contribution in [3.05, 3.63) is 58.3 Å². The molecule has 120 valence electrons. The first-order valence-corrected chi connectivity index (χ1v) is 8.50. The van der Waals surface area contributed by atoms with Crippen molar-refractivity contribution in [2.75, 3.05) is 6.61 Å². The van der Waals surface area contributed by atoms with Gasteiger partial charge in [-0.3, -0.25) is 0 Å². The van der Waals surface area contributed by atoms with Gasteiger partial charge in [-0.15, -0.1) is 0 Å². The maximum atomic E-state index is 9.49. The van der Waals surface area contributed by atoms with E-state index in [0.29, 0.717) is 18.0 Å². The zero-order chi connectivity index (χ0) is 16.9. The summed E-state index contributed by atoms with van der Waals surface area (Å²) in [7, 11) is 0. The molecule has 1 N–H and O–H groups in total. The second-order valence-electron chi connectivity index (χ2n) is 5.31. The lowest BCUT2D eigenvalue weighted by atomic mass is 10.1. The predicted molar refractivity (Wildman–Crippen MR) is 99.5 cm³/mol. The summed E-state index contributed by atoms with van der Waals surface area (Å²) >= 11 is 3.51. The SMILES string of the molecule is CCCOc1ccc(/C=C(/C#N)c2nc3ccccc3[nH]2)cc1Br. The van der Waals surface area contributed by atoms with Gasteiger partial charge < -0.3 is 9.72 Å². The summed E-state index contributed by atoms with van der Waals surface area (Å²) in [6.45, 7) is 2.74. The quantitative estimate of drug-likeness (QED) is 0.619. The topological polar surface area (TPSA) is 61.7 Å². The maximum Gasteiger partial charge on any atom is 0.149 e. The van der Waals surface area contributed by atoms with E-state index in [0.717, 1.165) is 33.2 Å². The summed E-state index contributed by atoms with van der Waals surface area (Å²) in [6, 6.07) is 15.7. The molecule has 0 aliphatic rings. The minimum absolute atomic E-state index is 0.486. The summed E-state index contributed by atoms with van der Waals surface area (Å²) < 4.78 is 6.51. The molecular formula is C19H16BrN3O. The van der Waals surface area contributed by atoms with Gasteiger partial charge in [0.05, 0.1) is 27.7 Å². The second kappa shape index (κ2) is 7.33. The number of benzene rings is 2. The van der Waals surface area contributed by atoms with E-state index in [1.165, 1.54) is 0 Å². The number of ether oxygens (including phenoxy) is 1. The fourth-order valence-corrected chi connectivity index (χ4v) is 2.85. The van der Waals surface area contributed by atoms with Crippen molar-refractivity contribution in [3.63, 3.8) is 0 Å². The number of allylic oxidation sites excluding steroid dienone is 1. The van der Waals surface area contributed by atoms with Gasteiger partial charge >= 0.3 is 0 Å². The van der Waals surface area contributed by atoms with Gasteiger partial charge in [0, 0.05) is 0 Å². The van der Waals surface area contributed by atoms with E-state index in [1.807, 2.05) is 48.5 Å². The van der Waals surface area contributed by atoms with Crippen molar-refractivity contribution < 1.29 is 4.74 Å². The van der Waals surface area contributed by atoms with E-state index in [4.69, 9.17) is 4.74 Å². The molecule has 0 aliphatic carbocycles. The smallest absolute Gasteiger partial charge is 0.149 e. The van der Waals surface area contributed by atoms with Crippen LogP contribution in [0.25, 0.3) is 22.7 Å². The highest BCUT2D eigenvalue weighted by Crippen LogP contribution is 2.28. The van der Waals surface area contributed by atoms with E-state index < -0.39 is 0 Å². The standard InChI is InChI=1S/C19H16BrN3O/c1-2-9-24-18-8-7-13(11-15(18)20)10-14(12-21)19-22-16-5-3-4-6-17(16)23-19/h3-8,10-11H,2,9H2,1H3,(H,22,23)/b14-10-. The fourth-order valence-electron chi connectivity index (χ4n) is 2.34. The van der Waals surface area contributed by atoms with Crippen molar-refractivity contribution in [1.82, 2.24) is 9.97 Å². The number of halogens is 1. The molecule has 0 saturated carbocycles. The highest BCUT2D eigenvalue weighted by atomic mass is 79.9. The van der Waals surface area contributed by atoms with Crippen molar-refractivity contribution in [2.24, 2.45) is 0 Å². The monoisotopic (exact) mass is 381 g/mol.